The standard InChI is InChI=1S/C18H23NO5/c1-5-23-16(21)15-14(20)11-13(12-9-7-6-8-10-12)19(15)17(22)24-18(2,3)4/h6-10,13,15H,5,11H2,1-4H3. The van der Waals surface area contributed by atoms with Crippen molar-refractivity contribution in [1.82, 2.24) is 4.90 Å². The van der Waals surface area contributed by atoms with E-state index in [-0.39, 0.29) is 18.8 Å². The van der Waals surface area contributed by atoms with Gasteiger partial charge in [-0.1, -0.05) is 30.3 Å². The van der Waals surface area contributed by atoms with Crippen LogP contribution in [0.25, 0.3) is 0 Å². The highest BCUT2D eigenvalue weighted by Crippen LogP contribution is 2.35. The third kappa shape index (κ3) is 3.93. The first-order valence-electron chi connectivity index (χ1n) is 8.00. The number of hydrogen-bond donors (Lipinski definition) is 0. The summed E-state index contributed by atoms with van der Waals surface area (Å²) in [6.07, 6.45) is -0.632. The van der Waals surface area contributed by atoms with Gasteiger partial charge in [0.1, 0.15) is 5.60 Å². The van der Waals surface area contributed by atoms with Crippen molar-refractivity contribution in [1.29, 1.82) is 0 Å². The van der Waals surface area contributed by atoms with E-state index in [2.05, 4.69) is 0 Å². The maximum Gasteiger partial charge on any atom is 0.411 e. The fraction of sp³-hybridized carbons (Fsp3) is 0.500. The second-order valence-corrected chi connectivity index (χ2v) is 6.64. The number of amides is 1. The number of carbonyl (C=O) groups excluding carboxylic acids is 3. The molecule has 1 heterocycles. The zero-order valence-corrected chi connectivity index (χ0v) is 14.4. The van der Waals surface area contributed by atoms with Crippen LogP contribution in [0.4, 0.5) is 4.79 Å². The van der Waals surface area contributed by atoms with Crippen LogP contribution in [0.3, 0.4) is 0 Å². The Hall–Kier alpha value is -2.37. The quantitative estimate of drug-likeness (QED) is 0.628. The van der Waals surface area contributed by atoms with E-state index >= 15 is 0 Å². The molecule has 0 radical (unpaired) electrons. The Labute approximate surface area is 141 Å². The summed E-state index contributed by atoms with van der Waals surface area (Å²) in [6, 6.07) is 7.34. The number of carbonyl (C=O) groups is 3. The summed E-state index contributed by atoms with van der Waals surface area (Å²) in [4.78, 5) is 38.5. The average molecular weight is 333 g/mol. The molecule has 6 heteroatoms. The largest absolute Gasteiger partial charge is 0.464 e. The number of nitrogens with zero attached hydrogens (tertiary/aromatic N) is 1. The molecule has 0 bridgehead atoms. The zero-order valence-electron chi connectivity index (χ0n) is 14.4. The Morgan fingerprint density at radius 3 is 2.38 bits per heavy atom. The molecule has 0 spiro atoms. The minimum Gasteiger partial charge on any atom is -0.464 e. The molecular weight excluding hydrogens is 310 g/mol. The lowest BCUT2D eigenvalue weighted by Crippen LogP contribution is -2.47. The Morgan fingerprint density at radius 1 is 1.21 bits per heavy atom. The van der Waals surface area contributed by atoms with Crippen molar-refractivity contribution in [3.63, 3.8) is 0 Å². The first kappa shape index (κ1) is 18.0. The van der Waals surface area contributed by atoms with Gasteiger partial charge >= 0.3 is 12.1 Å². The minimum atomic E-state index is -1.26. The van der Waals surface area contributed by atoms with E-state index in [0.29, 0.717) is 0 Å². The van der Waals surface area contributed by atoms with Crippen LogP contribution in [0, 0.1) is 0 Å². The number of ether oxygens (including phenoxy) is 2. The molecular formula is C18H23NO5. The molecule has 2 rings (SSSR count). The minimum absolute atomic E-state index is 0.0622. The number of esters is 1. The van der Waals surface area contributed by atoms with Crippen molar-refractivity contribution in [3.05, 3.63) is 35.9 Å². The van der Waals surface area contributed by atoms with E-state index in [1.54, 1.807) is 27.7 Å². The normalized spacial score (nSPS) is 20.8. The molecule has 130 valence electrons. The first-order valence-corrected chi connectivity index (χ1v) is 8.00. The van der Waals surface area contributed by atoms with Gasteiger partial charge in [0.2, 0.25) is 0 Å². The molecule has 1 fully saturated rings. The van der Waals surface area contributed by atoms with Gasteiger partial charge in [0.05, 0.1) is 12.6 Å². The van der Waals surface area contributed by atoms with Crippen LogP contribution in [0.1, 0.15) is 45.7 Å². The number of hydrogen-bond acceptors (Lipinski definition) is 5. The van der Waals surface area contributed by atoms with Crippen molar-refractivity contribution in [2.45, 2.75) is 51.8 Å². The maximum atomic E-state index is 12.7. The van der Waals surface area contributed by atoms with E-state index in [4.69, 9.17) is 9.47 Å². The molecule has 24 heavy (non-hydrogen) atoms. The van der Waals surface area contributed by atoms with Gasteiger partial charge in [-0.2, -0.15) is 0 Å². The van der Waals surface area contributed by atoms with Gasteiger partial charge in [0.25, 0.3) is 0 Å². The molecule has 0 aromatic heterocycles. The second-order valence-electron chi connectivity index (χ2n) is 6.64. The van der Waals surface area contributed by atoms with Crippen molar-refractivity contribution in [2.24, 2.45) is 0 Å². The van der Waals surface area contributed by atoms with E-state index in [1.807, 2.05) is 30.3 Å². The van der Waals surface area contributed by atoms with Crippen LogP contribution in [0.15, 0.2) is 30.3 Å². The summed E-state index contributed by atoms with van der Waals surface area (Å²) in [5.74, 6) is -1.06. The predicted octanol–water partition coefficient (Wildman–Crippen LogP) is 2.87. The Morgan fingerprint density at radius 2 is 1.83 bits per heavy atom. The highest BCUT2D eigenvalue weighted by Gasteiger charge is 2.49. The molecule has 1 aromatic rings. The molecule has 0 saturated carbocycles. The van der Waals surface area contributed by atoms with Gasteiger partial charge in [0.15, 0.2) is 11.8 Å². The van der Waals surface area contributed by atoms with Gasteiger partial charge in [-0.3, -0.25) is 9.69 Å². The number of likely N-dealkylation sites (tertiary alicyclic amines) is 1. The number of Topliss-reactive ketones (excluding diaryl/α,β-unsaturated/α-hetero) is 1. The predicted molar refractivity (Wildman–Crippen MR) is 87.3 cm³/mol. The van der Waals surface area contributed by atoms with Crippen LogP contribution < -0.4 is 0 Å². The van der Waals surface area contributed by atoms with E-state index in [0.717, 1.165) is 5.56 Å². The van der Waals surface area contributed by atoms with Gasteiger partial charge in [0, 0.05) is 6.42 Å². The molecule has 1 aliphatic heterocycles. The van der Waals surface area contributed by atoms with Crippen molar-refractivity contribution < 1.29 is 23.9 Å². The summed E-state index contributed by atoms with van der Waals surface area (Å²) >= 11 is 0. The highest BCUT2D eigenvalue weighted by atomic mass is 16.6. The molecule has 2 atom stereocenters. The molecule has 1 amide bonds. The second kappa shape index (κ2) is 7.03. The summed E-state index contributed by atoms with van der Waals surface area (Å²) < 4.78 is 10.4. The number of rotatable bonds is 3. The van der Waals surface area contributed by atoms with Crippen molar-refractivity contribution in [3.8, 4) is 0 Å². The van der Waals surface area contributed by atoms with Gasteiger partial charge < -0.3 is 9.47 Å². The van der Waals surface area contributed by atoms with Gasteiger partial charge in [-0.15, -0.1) is 0 Å². The maximum absolute atomic E-state index is 12.7. The smallest absolute Gasteiger partial charge is 0.411 e. The van der Waals surface area contributed by atoms with Crippen molar-refractivity contribution >= 4 is 17.8 Å². The lowest BCUT2D eigenvalue weighted by atomic mass is 10.0. The third-order valence-corrected chi connectivity index (χ3v) is 3.61. The fourth-order valence-electron chi connectivity index (χ4n) is 2.70. The molecule has 1 aromatic carbocycles. The Bertz CT molecular complexity index is 620. The molecule has 2 unspecified atom stereocenters. The van der Waals surface area contributed by atoms with Gasteiger partial charge in [-0.25, -0.2) is 9.59 Å². The molecule has 0 N–H and O–H groups in total. The summed E-state index contributed by atoms with van der Waals surface area (Å²) in [5, 5.41) is 0. The van der Waals surface area contributed by atoms with Crippen LogP contribution in [0.2, 0.25) is 0 Å². The summed E-state index contributed by atoms with van der Waals surface area (Å²) in [5.41, 5.74) is 0.0481. The molecule has 1 aliphatic rings. The van der Waals surface area contributed by atoms with Crippen LogP contribution in [-0.4, -0.2) is 41.0 Å². The summed E-state index contributed by atoms with van der Waals surface area (Å²) in [6.45, 7) is 7.00. The summed E-state index contributed by atoms with van der Waals surface area (Å²) in [7, 11) is 0. The van der Waals surface area contributed by atoms with Gasteiger partial charge in [-0.05, 0) is 33.3 Å². The molecule has 1 saturated heterocycles. The SMILES string of the molecule is CCOC(=O)C1C(=O)CC(c2ccccc2)N1C(=O)OC(C)(C)C. The lowest BCUT2D eigenvalue weighted by molar-refractivity contribution is -0.151. The Kier molecular flexibility index (Phi) is 5.26. The first-order chi connectivity index (χ1) is 11.2. The van der Waals surface area contributed by atoms with E-state index in [9.17, 15) is 14.4 Å². The van der Waals surface area contributed by atoms with Crippen LogP contribution >= 0.6 is 0 Å². The van der Waals surface area contributed by atoms with Crippen molar-refractivity contribution in [2.75, 3.05) is 6.61 Å². The van der Waals surface area contributed by atoms with E-state index < -0.39 is 29.7 Å². The number of ketones is 1. The molecule has 0 aliphatic carbocycles. The zero-order chi connectivity index (χ0) is 17.9. The highest BCUT2D eigenvalue weighted by molar-refractivity contribution is 6.07. The van der Waals surface area contributed by atoms with Crippen LogP contribution in [0.5, 0.6) is 0 Å². The number of benzene rings is 1. The average Bonchev–Trinajstić information content (AvgIpc) is 2.84. The van der Waals surface area contributed by atoms with Crippen LogP contribution in [-0.2, 0) is 19.1 Å². The monoisotopic (exact) mass is 333 g/mol. The lowest BCUT2D eigenvalue weighted by Gasteiger charge is -2.31. The Balaban J connectivity index is 2.38. The topological polar surface area (TPSA) is 72.9 Å². The van der Waals surface area contributed by atoms with E-state index in [1.165, 1.54) is 4.90 Å². The third-order valence-electron chi connectivity index (χ3n) is 3.61. The molecule has 6 nitrogen and oxygen atoms in total. The fourth-order valence-corrected chi connectivity index (χ4v) is 2.70.